The number of halogens is 4. The zero-order valence-electron chi connectivity index (χ0n) is 6.55. The van der Waals surface area contributed by atoms with E-state index in [9.17, 15) is 17.2 Å². The molecule has 2 nitrogen and oxygen atoms in total. The summed E-state index contributed by atoms with van der Waals surface area (Å²) in [5.41, 5.74) is -0.649. The van der Waals surface area contributed by atoms with Crippen LogP contribution in [0.5, 0.6) is 0 Å². The summed E-state index contributed by atoms with van der Waals surface area (Å²) in [6.07, 6.45) is -2.91. The Morgan fingerprint density at radius 1 is 1.29 bits per heavy atom. The van der Waals surface area contributed by atoms with Gasteiger partial charge in [0.25, 0.3) is 15.5 Å². The number of hydrogen-bond donors (Lipinski definition) is 0. The van der Waals surface area contributed by atoms with Gasteiger partial charge in [0.2, 0.25) is 0 Å². The molecule has 0 radical (unpaired) electrons. The molecular formula is C7H4Cl2F2O2S. The average molecular weight is 261 g/mol. The van der Waals surface area contributed by atoms with Crippen LogP contribution in [0.3, 0.4) is 0 Å². The molecule has 0 aromatic heterocycles. The lowest BCUT2D eigenvalue weighted by Gasteiger charge is -2.05. The quantitative estimate of drug-likeness (QED) is 0.766. The molecule has 0 fully saturated rings. The Hall–Kier alpha value is -0.390. The fourth-order valence-electron chi connectivity index (χ4n) is 0.900. The maximum atomic E-state index is 12.3. The Bertz CT molecular complexity index is 445. The lowest BCUT2D eigenvalue weighted by molar-refractivity contribution is 0.148. The molecule has 0 saturated heterocycles. The number of benzene rings is 1. The van der Waals surface area contributed by atoms with Crippen molar-refractivity contribution in [3.63, 3.8) is 0 Å². The second-order valence-electron chi connectivity index (χ2n) is 2.42. The van der Waals surface area contributed by atoms with Crippen LogP contribution in [0.4, 0.5) is 8.78 Å². The standard InChI is InChI=1S/C7H4Cl2F2O2S/c8-4-1-2-5(7(10)11)6(3-4)14(9,12)13/h1-3,7H. The van der Waals surface area contributed by atoms with Crippen LogP contribution in [-0.4, -0.2) is 8.42 Å². The van der Waals surface area contributed by atoms with E-state index in [-0.39, 0.29) is 5.02 Å². The highest BCUT2D eigenvalue weighted by Crippen LogP contribution is 2.30. The SMILES string of the molecule is O=S(=O)(Cl)c1cc(Cl)ccc1C(F)F. The van der Waals surface area contributed by atoms with Gasteiger partial charge in [0.1, 0.15) is 0 Å². The Morgan fingerprint density at radius 3 is 2.29 bits per heavy atom. The van der Waals surface area contributed by atoms with E-state index in [0.29, 0.717) is 0 Å². The van der Waals surface area contributed by atoms with Crippen LogP contribution in [-0.2, 0) is 9.05 Å². The van der Waals surface area contributed by atoms with Crippen LogP contribution in [0.15, 0.2) is 23.1 Å². The topological polar surface area (TPSA) is 34.1 Å². The molecule has 0 heterocycles. The van der Waals surface area contributed by atoms with Gasteiger partial charge in [-0.25, -0.2) is 17.2 Å². The molecule has 0 aliphatic rings. The van der Waals surface area contributed by atoms with Crippen molar-refractivity contribution in [2.75, 3.05) is 0 Å². The zero-order chi connectivity index (χ0) is 10.9. The van der Waals surface area contributed by atoms with E-state index in [1.807, 2.05) is 0 Å². The molecule has 0 aliphatic carbocycles. The summed E-state index contributed by atoms with van der Waals surface area (Å²) in [7, 11) is 0.767. The van der Waals surface area contributed by atoms with Crippen molar-refractivity contribution in [2.45, 2.75) is 11.3 Å². The van der Waals surface area contributed by atoms with Crippen molar-refractivity contribution in [2.24, 2.45) is 0 Å². The molecule has 0 bridgehead atoms. The average Bonchev–Trinajstić information content (AvgIpc) is 2.01. The van der Waals surface area contributed by atoms with Crippen LogP contribution in [0.2, 0.25) is 5.02 Å². The van der Waals surface area contributed by atoms with Gasteiger partial charge in [-0.3, -0.25) is 0 Å². The summed E-state index contributed by atoms with van der Waals surface area (Å²) in [6, 6.07) is 3.00. The second kappa shape index (κ2) is 4.00. The minimum Gasteiger partial charge on any atom is -0.207 e. The molecule has 0 aliphatic heterocycles. The third kappa shape index (κ3) is 2.56. The largest absolute Gasteiger partial charge is 0.265 e. The molecule has 78 valence electrons. The summed E-state index contributed by atoms with van der Waals surface area (Å²) in [5, 5.41) is 0.0358. The number of rotatable bonds is 2. The molecule has 7 heteroatoms. The Morgan fingerprint density at radius 2 is 1.86 bits per heavy atom. The first-order valence-corrected chi connectivity index (χ1v) is 6.03. The molecule has 0 atom stereocenters. The van der Waals surface area contributed by atoms with Gasteiger partial charge in [0.15, 0.2) is 0 Å². The van der Waals surface area contributed by atoms with E-state index in [2.05, 4.69) is 0 Å². The van der Waals surface area contributed by atoms with E-state index in [1.54, 1.807) is 0 Å². The lowest BCUT2D eigenvalue weighted by atomic mass is 10.2. The Labute approximate surface area is 88.9 Å². The van der Waals surface area contributed by atoms with E-state index in [4.69, 9.17) is 22.3 Å². The van der Waals surface area contributed by atoms with E-state index >= 15 is 0 Å². The molecule has 1 rings (SSSR count). The fraction of sp³-hybridized carbons (Fsp3) is 0.143. The number of hydrogen-bond acceptors (Lipinski definition) is 2. The zero-order valence-corrected chi connectivity index (χ0v) is 8.87. The van der Waals surface area contributed by atoms with Crippen molar-refractivity contribution in [3.05, 3.63) is 28.8 Å². The molecule has 0 unspecified atom stereocenters. The van der Waals surface area contributed by atoms with Gasteiger partial charge in [0, 0.05) is 21.3 Å². The van der Waals surface area contributed by atoms with Crippen molar-refractivity contribution < 1.29 is 17.2 Å². The van der Waals surface area contributed by atoms with Crippen LogP contribution in [0.25, 0.3) is 0 Å². The van der Waals surface area contributed by atoms with Gasteiger partial charge in [-0.1, -0.05) is 17.7 Å². The minimum absolute atomic E-state index is 0.0358. The summed E-state index contributed by atoms with van der Waals surface area (Å²) < 4.78 is 46.4. The monoisotopic (exact) mass is 260 g/mol. The maximum absolute atomic E-state index is 12.3. The highest BCUT2D eigenvalue weighted by Gasteiger charge is 2.21. The predicted molar refractivity (Wildman–Crippen MR) is 49.4 cm³/mol. The molecule has 1 aromatic carbocycles. The van der Waals surface area contributed by atoms with Gasteiger partial charge in [-0.2, -0.15) is 0 Å². The van der Waals surface area contributed by atoms with Gasteiger partial charge < -0.3 is 0 Å². The molecule has 0 spiro atoms. The van der Waals surface area contributed by atoms with Gasteiger partial charge in [-0.05, 0) is 12.1 Å². The molecule has 0 saturated carbocycles. The molecule has 1 aromatic rings. The summed E-state index contributed by atoms with van der Waals surface area (Å²) in [4.78, 5) is -0.651. The molecular weight excluding hydrogens is 257 g/mol. The molecule has 0 N–H and O–H groups in total. The van der Waals surface area contributed by atoms with Crippen LogP contribution in [0, 0.1) is 0 Å². The van der Waals surface area contributed by atoms with Crippen LogP contribution < -0.4 is 0 Å². The molecule has 14 heavy (non-hydrogen) atoms. The summed E-state index contributed by atoms with van der Waals surface area (Å²) in [5.74, 6) is 0. The van der Waals surface area contributed by atoms with E-state index < -0.39 is 25.9 Å². The predicted octanol–water partition coefficient (Wildman–Crippen LogP) is 3.21. The smallest absolute Gasteiger partial charge is 0.207 e. The second-order valence-corrected chi connectivity index (χ2v) is 5.39. The van der Waals surface area contributed by atoms with Crippen molar-refractivity contribution in [1.82, 2.24) is 0 Å². The van der Waals surface area contributed by atoms with E-state index in [1.165, 1.54) is 6.07 Å². The van der Waals surface area contributed by atoms with Crippen molar-refractivity contribution in [3.8, 4) is 0 Å². The highest BCUT2D eigenvalue weighted by atomic mass is 35.7. The maximum Gasteiger partial charge on any atom is 0.265 e. The van der Waals surface area contributed by atoms with Crippen molar-refractivity contribution >= 4 is 31.3 Å². The normalized spacial score (nSPS) is 12.1. The van der Waals surface area contributed by atoms with Crippen LogP contribution in [0.1, 0.15) is 12.0 Å². The number of alkyl halides is 2. The van der Waals surface area contributed by atoms with Gasteiger partial charge in [-0.15, -0.1) is 0 Å². The minimum atomic E-state index is -4.19. The van der Waals surface area contributed by atoms with E-state index in [0.717, 1.165) is 12.1 Å². The summed E-state index contributed by atoms with van der Waals surface area (Å²) in [6.45, 7) is 0. The van der Waals surface area contributed by atoms with Gasteiger partial charge >= 0.3 is 0 Å². The van der Waals surface area contributed by atoms with Crippen molar-refractivity contribution in [1.29, 1.82) is 0 Å². The highest BCUT2D eigenvalue weighted by molar-refractivity contribution is 8.13. The first-order valence-electron chi connectivity index (χ1n) is 3.34. The van der Waals surface area contributed by atoms with Gasteiger partial charge in [0.05, 0.1) is 4.90 Å². The summed E-state index contributed by atoms with van der Waals surface area (Å²) >= 11 is 5.46. The first-order chi connectivity index (χ1) is 6.32. The molecule has 0 amide bonds. The first kappa shape index (κ1) is 11.7. The Kier molecular flexibility index (Phi) is 3.34. The van der Waals surface area contributed by atoms with Crippen LogP contribution >= 0.6 is 22.3 Å². The lowest BCUT2D eigenvalue weighted by Crippen LogP contribution is -1.98. The fourth-order valence-corrected chi connectivity index (χ4v) is 2.24. The third-order valence-corrected chi connectivity index (χ3v) is 3.09. The Balaban J connectivity index is 3.46. The third-order valence-electron chi connectivity index (χ3n) is 1.47.